The zero-order valence-corrected chi connectivity index (χ0v) is 11.1. The molecular formula is C14H17N3O2. The SMILES string of the molecule is CC(C)c1nnc(CCNC(=O)c2ccccc2)o1. The first-order valence-electron chi connectivity index (χ1n) is 6.32. The van der Waals surface area contributed by atoms with Crippen LogP contribution < -0.4 is 5.32 Å². The minimum atomic E-state index is -0.0933. The van der Waals surface area contributed by atoms with E-state index in [1.54, 1.807) is 12.1 Å². The van der Waals surface area contributed by atoms with Crippen molar-refractivity contribution in [3.63, 3.8) is 0 Å². The lowest BCUT2D eigenvalue weighted by atomic mass is 10.2. The fourth-order valence-electron chi connectivity index (χ4n) is 1.58. The van der Waals surface area contributed by atoms with Crippen LogP contribution in [-0.2, 0) is 6.42 Å². The molecule has 1 aromatic heterocycles. The Morgan fingerprint density at radius 3 is 2.63 bits per heavy atom. The highest BCUT2D eigenvalue weighted by molar-refractivity contribution is 5.94. The molecule has 0 aliphatic rings. The van der Waals surface area contributed by atoms with Crippen molar-refractivity contribution < 1.29 is 9.21 Å². The summed E-state index contributed by atoms with van der Waals surface area (Å²) in [5, 5.41) is 10.7. The van der Waals surface area contributed by atoms with Gasteiger partial charge >= 0.3 is 0 Å². The standard InChI is InChI=1S/C14H17N3O2/c1-10(2)14-17-16-12(19-14)8-9-15-13(18)11-6-4-3-5-7-11/h3-7,10H,8-9H2,1-2H3,(H,15,18). The zero-order valence-electron chi connectivity index (χ0n) is 11.1. The van der Waals surface area contributed by atoms with Crippen molar-refractivity contribution in [2.75, 3.05) is 6.54 Å². The average Bonchev–Trinajstić information content (AvgIpc) is 2.89. The molecule has 5 nitrogen and oxygen atoms in total. The van der Waals surface area contributed by atoms with Crippen LogP contribution in [0.1, 0.15) is 41.9 Å². The summed E-state index contributed by atoms with van der Waals surface area (Å²) < 4.78 is 5.46. The third kappa shape index (κ3) is 3.64. The number of nitrogens with one attached hydrogen (secondary N) is 1. The summed E-state index contributed by atoms with van der Waals surface area (Å²) in [4.78, 5) is 11.8. The van der Waals surface area contributed by atoms with Gasteiger partial charge in [-0.2, -0.15) is 0 Å². The number of hydrogen-bond donors (Lipinski definition) is 1. The first-order valence-corrected chi connectivity index (χ1v) is 6.32. The molecule has 0 saturated heterocycles. The molecule has 2 rings (SSSR count). The molecule has 1 N–H and O–H groups in total. The van der Waals surface area contributed by atoms with Gasteiger partial charge < -0.3 is 9.73 Å². The maximum absolute atomic E-state index is 11.8. The Hall–Kier alpha value is -2.17. The van der Waals surface area contributed by atoms with Gasteiger partial charge in [-0.3, -0.25) is 4.79 Å². The van der Waals surface area contributed by atoms with Crippen molar-refractivity contribution in [1.82, 2.24) is 15.5 Å². The first-order chi connectivity index (χ1) is 9.16. The van der Waals surface area contributed by atoms with Crippen molar-refractivity contribution in [1.29, 1.82) is 0 Å². The number of aromatic nitrogens is 2. The van der Waals surface area contributed by atoms with Crippen LogP contribution >= 0.6 is 0 Å². The molecule has 0 atom stereocenters. The van der Waals surface area contributed by atoms with E-state index in [0.717, 1.165) is 0 Å². The van der Waals surface area contributed by atoms with Crippen LogP contribution in [-0.4, -0.2) is 22.6 Å². The molecule has 1 aromatic carbocycles. The van der Waals surface area contributed by atoms with Crippen molar-refractivity contribution in [3.8, 4) is 0 Å². The van der Waals surface area contributed by atoms with E-state index in [2.05, 4.69) is 15.5 Å². The predicted octanol–water partition coefficient (Wildman–Crippen LogP) is 2.17. The molecule has 100 valence electrons. The molecule has 0 spiro atoms. The molecule has 1 heterocycles. The predicted molar refractivity (Wildman–Crippen MR) is 70.9 cm³/mol. The Balaban J connectivity index is 1.81. The molecule has 0 saturated carbocycles. The highest BCUT2D eigenvalue weighted by atomic mass is 16.4. The normalized spacial score (nSPS) is 10.7. The zero-order chi connectivity index (χ0) is 13.7. The second kappa shape index (κ2) is 6.13. The van der Waals surface area contributed by atoms with E-state index in [0.29, 0.717) is 30.3 Å². The summed E-state index contributed by atoms with van der Waals surface area (Å²) in [6, 6.07) is 9.10. The van der Waals surface area contributed by atoms with Gasteiger partial charge in [-0.25, -0.2) is 0 Å². The van der Waals surface area contributed by atoms with E-state index >= 15 is 0 Å². The van der Waals surface area contributed by atoms with Crippen LogP contribution in [0.4, 0.5) is 0 Å². The lowest BCUT2D eigenvalue weighted by molar-refractivity contribution is 0.0953. The summed E-state index contributed by atoms with van der Waals surface area (Å²) in [7, 11) is 0. The van der Waals surface area contributed by atoms with Gasteiger partial charge in [0.05, 0.1) is 0 Å². The highest BCUT2D eigenvalue weighted by Crippen LogP contribution is 2.11. The third-order valence-corrected chi connectivity index (χ3v) is 2.64. The van der Waals surface area contributed by atoms with E-state index in [1.165, 1.54) is 0 Å². The van der Waals surface area contributed by atoms with Crippen molar-refractivity contribution in [2.24, 2.45) is 0 Å². The lowest BCUT2D eigenvalue weighted by Crippen LogP contribution is -2.25. The monoisotopic (exact) mass is 259 g/mol. The molecule has 0 bridgehead atoms. The van der Waals surface area contributed by atoms with E-state index < -0.39 is 0 Å². The van der Waals surface area contributed by atoms with Gasteiger partial charge in [-0.1, -0.05) is 32.0 Å². The topological polar surface area (TPSA) is 68.0 Å². The molecule has 1 amide bonds. The minimum Gasteiger partial charge on any atom is -0.425 e. The number of benzene rings is 1. The molecule has 0 unspecified atom stereocenters. The second-order valence-electron chi connectivity index (χ2n) is 4.56. The third-order valence-electron chi connectivity index (χ3n) is 2.64. The van der Waals surface area contributed by atoms with Crippen LogP contribution in [0.3, 0.4) is 0 Å². The fraction of sp³-hybridized carbons (Fsp3) is 0.357. The van der Waals surface area contributed by atoms with Gasteiger partial charge in [0.1, 0.15) is 0 Å². The van der Waals surface area contributed by atoms with E-state index in [9.17, 15) is 4.79 Å². The Bertz CT molecular complexity index is 535. The Labute approximate surface area is 112 Å². The van der Waals surface area contributed by atoms with Crippen molar-refractivity contribution in [3.05, 3.63) is 47.7 Å². The molecule has 0 radical (unpaired) electrons. The van der Waals surface area contributed by atoms with Crippen LogP contribution in [0, 0.1) is 0 Å². The summed E-state index contributed by atoms with van der Waals surface area (Å²) in [6.45, 7) is 4.47. The molecule has 0 aliphatic carbocycles. The number of amides is 1. The van der Waals surface area contributed by atoms with Gasteiger partial charge in [0.25, 0.3) is 5.91 Å². The van der Waals surface area contributed by atoms with Crippen LogP contribution in [0.25, 0.3) is 0 Å². The van der Waals surface area contributed by atoms with E-state index in [4.69, 9.17) is 4.42 Å². The van der Waals surface area contributed by atoms with Gasteiger partial charge in [0, 0.05) is 24.4 Å². The minimum absolute atomic E-state index is 0.0933. The summed E-state index contributed by atoms with van der Waals surface area (Å²) in [5.41, 5.74) is 0.649. The smallest absolute Gasteiger partial charge is 0.251 e. The Morgan fingerprint density at radius 2 is 2.00 bits per heavy atom. The quantitative estimate of drug-likeness (QED) is 0.893. The van der Waals surface area contributed by atoms with Crippen LogP contribution in [0.5, 0.6) is 0 Å². The summed E-state index contributed by atoms with van der Waals surface area (Å²) in [5.74, 6) is 1.31. The number of nitrogens with zero attached hydrogens (tertiary/aromatic N) is 2. The van der Waals surface area contributed by atoms with Gasteiger partial charge in [0.2, 0.25) is 11.8 Å². The van der Waals surface area contributed by atoms with Crippen molar-refractivity contribution >= 4 is 5.91 Å². The van der Waals surface area contributed by atoms with Crippen LogP contribution in [0.15, 0.2) is 34.7 Å². The summed E-state index contributed by atoms with van der Waals surface area (Å²) >= 11 is 0. The molecule has 0 fully saturated rings. The lowest BCUT2D eigenvalue weighted by Gasteiger charge is -2.02. The van der Waals surface area contributed by atoms with Crippen molar-refractivity contribution in [2.45, 2.75) is 26.2 Å². The second-order valence-corrected chi connectivity index (χ2v) is 4.56. The Kier molecular flexibility index (Phi) is 4.28. The fourth-order valence-corrected chi connectivity index (χ4v) is 1.58. The number of carbonyl (C=O) groups excluding carboxylic acids is 1. The molecule has 19 heavy (non-hydrogen) atoms. The van der Waals surface area contributed by atoms with Crippen LogP contribution in [0.2, 0.25) is 0 Å². The van der Waals surface area contributed by atoms with E-state index in [-0.39, 0.29) is 11.8 Å². The molecule has 2 aromatic rings. The average molecular weight is 259 g/mol. The maximum Gasteiger partial charge on any atom is 0.251 e. The highest BCUT2D eigenvalue weighted by Gasteiger charge is 2.10. The largest absolute Gasteiger partial charge is 0.425 e. The molecule has 0 aliphatic heterocycles. The Morgan fingerprint density at radius 1 is 1.26 bits per heavy atom. The van der Waals surface area contributed by atoms with E-state index in [1.807, 2.05) is 32.0 Å². The number of rotatable bonds is 5. The molecule has 5 heteroatoms. The number of carbonyl (C=O) groups is 1. The van der Waals surface area contributed by atoms with Gasteiger partial charge in [-0.15, -0.1) is 10.2 Å². The molecular weight excluding hydrogens is 242 g/mol. The van der Waals surface area contributed by atoms with Gasteiger partial charge in [-0.05, 0) is 12.1 Å². The number of hydrogen-bond acceptors (Lipinski definition) is 4. The first kappa shape index (κ1) is 13.3. The summed E-state index contributed by atoms with van der Waals surface area (Å²) in [6.07, 6.45) is 0.540. The van der Waals surface area contributed by atoms with Gasteiger partial charge in [0.15, 0.2) is 0 Å². The maximum atomic E-state index is 11.8.